The Hall–Kier alpha value is -3.71. The number of carbonyl (C=O) groups excluding carboxylic acids is 1. The molecule has 1 aliphatic rings. The van der Waals surface area contributed by atoms with Crippen molar-refractivity contribution in [1.82, 2.24) is 9.80 Å². The average molecular weight is 476 g/mol. The van der Waals surface area contributed by atoms with Crippen LogP contribution in [-0.2, 0) is 22.7 Å². The second-order valence-corrected chi connectivity index (χ2v) is 8.60. The van der Waals surface area contributed by atoms with Crippen LogP contribution in [0.25, 0.3) is 0 Å². The van der Waals surface area contributed by atoms with Crippen molar-refractivity contribution in [1.29, 1.82) is 0 Å². The lowest BCUT2D eigenvalue weighted by molar-refractivity contribution is -0.134. The van der Waals surface area contributed by atoms with Crippen molar-refractivity contribution < 1.29 is 18.8 Å². The molecule has 3 aromatic rings. The second kappa shape index (κ2) is 12.1. The highest BCUT2D eigenvalue weighted by molar-refractivity contribution is 6.01. The number of oxime groups is 1. The van der Waals surface area contributed by atoms with Gasteiger partial charge in [0.25, 0.3) is 5.91 Å². The third-order valence-corrected chi connectivity index (χ3v) is 5.94. The quantitative estimate of drug-likeness (QED) is 0.345. The van der Waals surface area contributed by atoms with Gasteiger partial charge in [-0.1, -0.05) is 47.6 Å². The number of hydrogen-bond donors (Lipinski definition) is 0. The smallest absolute Gasteiger partial charge is 0.260 e. The molecule has 0 aromatic heterocycles. The van der Waals surface area contributed by atoms with Crippen molar-refractivity contribution in [3.63, 3.8) is 0 Å². The van der Waals surface area contributed by atoms with Crippen molar-refractivity contribution in [2.24, 2.45) is 5.16 Å². The van der Waals surface area contributed by atoms with Gasteiger partial charge in [0.1, 0.15) is 18.2 Å². The Morgan fingerprint density at radius 1 is 0.886 bits per heavy atom. The number of halogens is 1. The lowest BCUT2D eigenvalue weighted by atomic mass is 10.0. The molecule has 4 rings (SSSR count). The number of amides is 1. The van der Waals surface area contributed by atoms with Crippen LogP contribution >= 0.6 is 0 Å². The Morgan fingerprint density at radius 2 is 1.57 bits per heavy atom. The SMILES string of the molecule is CN1CCN(C(=O)COc2ccc(C(Cc3ccccc3)=NOCc3ccc(F)cc3)cc2)CC1. The van der Waals surface area contributed by atoms with Crippen LogP contribution in [0, 0.1) is 5.82 Å². The lowest BCUT2D eigenvalue weighted by Crippen LogP contribution is -2.48. The third kappa shape index (κ3) is 7.39. The van der Waals surface area contributed by atoms with Gasteiger partial charge in [0.15, 0.2) is 6.61 Å². The molecule has 1 heterocycles. The van der Waals surface area contributed by atoms with Crippen LogP contribution in [0.15, 0.2) is 84.0 Å². The average Bonchev–Trinajstić information content (AvgIpc) is 2.89. The number of benzene rings is 3. The van der Waals surface area contributed by atoms with E-state index in [1.807, 2.05) is 59.5 Å². The Balaban J connectivity index is 1.39. The summed E-state index contributed by atoms with van der Waals surface area (Å²) in [6, 6.07) is 23.7. The van der Waals surface area contributed by atoms with Crippen molar-refractivity contribution in [3.05, 3.63) is 101 Å². The monoisotopic (exact) mass is 475 g/mol. The molecular weight excluding hydrogens is 445 g/mol. The van der Waals surface area contributed by atoms with E-state index in [-0.39, 0.29) is 24.9 Å². The summed E-state index contributed by atoms with van der Waals surface area (Å²) in [5, 5.41) is 4.40. The molecule has 0 aliphatic carbocycles. The van der Waals surface area contributed by atoms with E-state index >= 15 is 0 Å². The predicted molar refractivity (Wildman–Crippen MR) is 134 cm³/mol. The minimum atomic E-state index is -0.283. The summed E-state index contributed by atoms with van der Waals surface area (Å²) < 4.78 is 18.9. The molecule has 1 fully saturated rings. The number of hydrogen-bond acceptors (Lipinski definition) is 5. The van der Waals surface area contributed by atoms with Crippen molar-refractivity contribution in [2.45, 2.75) is 13.0 Å². The van der Waals surface area contributed by atoms with Crippen molar-refractivity contribution in [3.8, 4) is 5.75 Å². The van der Waals surface area contributed by atoms with E-state index < -0.39 is 0 Å². The molecule has 0 N–H and O–H groups in total. The molecule has 0 radical (unpaired) electrons. The molecule has 0 bridgehead atoms. The van der Waals surface area contributed by atoms with Crippen LogP contribution in [0.2, 0.25) is 0 Å². The van der Waals surface area contributed by atoms with Gasteiger partial charge < -0.3 is 19.4 Å². The zero-order valence-corrected chi connectivity index (χ0v) is 19.9. The third-order valence-electron chi connectivity index (χ3n) is 5.94. The minimum Gasteiger partial charge on any atom is -0.484 e. The summed E-state index contributed by atoms with van der Waals surface area (Å²) in [5.41, 5.74) is 3.60. The molecule has 7 heteroatoms. The van der Waals surface area contributed by atoms with Crippen LogP contribution in [0.4, 0.5) is 4.39 Å². The van der Waals surface area contributed by atoms with Crippen LogP contribution in [0.3, 0.4) is 0 Å². The Labute approximate surface area is 205 Å². The molecule has 1 aliphatic heterocycles. The minimum absolute atomic E-state index is 0.00250. The molecule has 35 heavy (non-hydrogen) atoms. The molecule has 1 saturated heterocycles. The number of carbonyl (C=O) groups is 1. The molecule has 6 nitrogen and oxygen atoms in total. The van der Waals surface area contributed by atoms with E-state index in [9.17, 15) is 9.18 Å². The number of nitrogens with zero attached hydrogens (tertiary/aromatic N) is 3. The number of ether oxygens (including phenoxy) is 1. The molecular formula is C28H30FN3O3. The molecule has 3 aromatic carbocycles. The van der Waals surface area contributed by atoms with E-state index in [2.05, 4.69) is 17.1 Å². The van der Waals surface area contributed by atoms with Crippen molar-refractivity contribution >= 4 is 11.6 Å². The molecule has 0 unspecified atom stereocenters. The van der Waals surface area contributed by atoms with Gasteiger partial charge in [-0.05, 0) is 60.1 Å². The second-order valence-electron chi connectivity index (χ2n) is 8.60. The Bertz CT molecular complexity index is 1110. The van der Waals surface area contributed by atoms with Gasteiger partial charge in [0, 0.05) is 32.6 Å². The van der Waals surface area contributed by atoms with E-state index in [1.54, 1.807) is 12.1 Å². The first-order chi connectivity index (χ1) is 17.1. The van der Waals surface area contributed by atoms with Gasteiger partial charge in [0.05, 0.1) is 5.71 Å². The van der Waals surface area contributed by atoms with Crippen LogP contribution < -0.4 is 4.74 Å². The fraction of sp³-hybridized carbons (Fsp3) is 0.286. The lowest BCUT2D eigenvalue weighted by Gasteiger charge is -2.32. The normalized spacial score (nSPS) is 14.6. The maximum Gasteiger partial charge on any atom is 0.260 e. The standard InChI is InChI=1S/C28H30FN3O3/c1-31-15-17-32(18-16-31)28(33)21-34-26-13-9-24(10-14-26)27(19-22-5-3-2-4-6-22)30-35-20-23-7-11-25(29)12-8-23/h2-14H,15-21H2,1H3. The first-order valence-electron chi connectivity index (χ1n) is 11.7. The van der Waals surface area contributed by atoms with Gasteiger partial charge >= 0.3 is 0 Å². The maximum absolute atomic E-state index is 13.1. The highest BCUT2D eigenvalue weighted by atomic mass is 19.1. The summed E-state index contributed by atoms with van der Waals surface area (Å²) in [7, 11) is 2.06. The van der Waals surface area contributed by atoms with Gasteiger partial charge in [-0.15, -0.1) is 0 Å². The summed E-state index contributed by atoms with van der Waals surface area (Å²) in [5.74, 6) is 0.347. The van der Waals surface area contributed by atoms with Crippen LogP contribution in [0.5, 0.6) is 5.75 Å². The summed E-state index contributed by atoms with van der Waals surface area (Å²) >= 11 is 0. The van der Waals surface area contributed by atoms with E-state index in [0.29, 0.717) is 12.2 Å². The number of rotatable bonds is 9. The van der Waals surface area contributed by atoms with E-state index in [4.69, 9.17) is 9.57 Å². The van der Waals surface area contributed by atoms with Gasteiger partial charge in [-0.3, -0.25) is 4.79 Å². The van der Waals surface area contributed by atoms with E-state index in [0.717, 1.165) is 48.6 Å². The zero-order chi connectivity index (χ0) is 24.5. The highest BCUT2D eigenvalue weighted by Crippen LogP contribution is 2.16. The number of piperazine rings is 1. The first-order valence-corrected chi connectivity index (χ1v) is 11.7. The van der Waals surface area contributed by atoms with Crippen LogP contribution in [-0.4, -0.2) is 61.3 Å². The van der Waals surface area contributed by atoms with E-state index in [1.165, 1.54) is 12.1 Å². The van der Waals surface area contributed by atoms with Gasteiger partial charge in [-0.25, -0.2) is 4.39 Å². The maximum atomic E-state index is 13.1. The Morgan fingerprint density at radius 3 is 2.26 bits per heavy atom. The Kier molecular flexibility index (Phi) is 8.46. The molecule has 0 saturated carbocycles. The largest absolute Gasteiger partial charge is 0.484 e. The molecule has 0 spiro atoms. The summed E-state index contributed by atoms with van der Waals surface area (Å²) in [6.07, 6.45) is 0.590. The van der Waals surface area contributed by atoms with Gasteiger partial charge in [0.2, 0.25) is 0 Å². The van der Waals surface area contributed by atoms with Crippen LogP contribution in [0.1, 0.15) is 16.7 Å². The highest BCUT2D eigenvalue weighted by Gasteiger charge is 2.19. The molecule has 182 valence electrons. The number of likely N-dealkylation sites (N-methyl/N-ethyl adjacent to an activating group) is 1. The fourth-order valence-electron chi connectivity index (χ4n) is 3.78. The molecule has 0 atom stereocenters. The fourth-order valence-corrected chi connectivity index (χ4v) is 3.78. The summed E-state index contributed by atoms with van der Waals surface area (Å²) in [6.45, 7) is 3.49. The topological polar surface area (TPSA) is 54.4 Å². The predicted octanol–water partition coefficient (Wildman–Crippen LogP) is 4.14. The van der Waals surface area contributed by atoms with Gasteiger partial charge in [-0.2, -0.15) is 0 Å². The summed E-state index contributed by atoms with van der Waals surface area (Å²) in [4.78, 5) is 22.1. The molecule has 1 amide bonds. The first kappa shape index (κ1) is 24.4. The zero-order valence-electron chi connectivity index (χ0n) is 19.9. The van der Waals surface area contributed by atoms with Crippen molar-refractivity contribution in [2.75, 3.05) is 39.8 Å².